The standard InChI is InChI=1S/C17H19ClN2O4S/c1-12-10-13(8-9-16(12)24-11-17(21)20(2)3)25(22,23)19-15-7-5-4-6-14(15)18/h4-10,19H,11H2,1-3H3. The lowest BCUT2D eigenvalue weighted by Crippen LogP contribution is -2.27. The summed E-state index contributed by atoms with van der Waals surface area (Å²) in [5.41, 5.74) is 0.910. The number of ether oxygens (including phenoxy) is 1. The van der Waals surface area contributed by atoms with Crippen molar-refractivity contribution in [1.29, 1.82) is 0 Å². The Morgan fingerprint density at radius 2 is 1.88 bits per heavy atom. The molecule has 0 aliphatic heterocycles. The van der Waals surface area contributed by atoms with Crippen LogP contribution in [0.1, 0.15) is 5.56 Å². The van der Waals surface area contributed by atoms with Crippen LogP contribution in [0.5, 0.6) is 5.75 Å². The summed E-state index contributed by atoms with van der Waals surface area (Å²) in [6, 6.07) is 11.0. The van der Waals surface area contributed by atoms with E-state index in [4.69, 9.17) is 16.3 Å². The van der Waals surface area contributed by atoms with Gasteiger partial charge in [0.2, 0.25) is 0 Å². The highest BCUT2D eigenvalue weighted by Gasteiger charge is 2.17. The van der Waals surface area contributed by atoms with E-state index in [-0.39, 0.29) is 17.4 Å². The number of amides is 1. The monoisotopic (exact) mass is 382 g/mol. The summed E-state index contributed by atoms with van der Waals surface area (Å²) in [5.74, 6) is 0.267. The van der Waals surface area contributed by atoms with E-state index >= 15 is 0 Å². The maximum atomic E-state index is 12.5. The van der Waals surface area contributed by atoms with Crippen LogP contribution in [0.15, 0.2) is 47.4 Å². The second-order valence-electron chi connectivity index (χ2n) is 5.59. The van der Waals surface area contributed by atoms with Gasteiger partial charge < -0.3 is 9.64 Å². The van der Waals surface area contributed by atoms with Crippen molar-refractivity contribution in [3.8, 4) is 5.75 Å². The lowest BCUT2D eigenvalue weighted by molar-refractivity contribution is -0.130. The summed E-state index contributed by atoms with van der Waals surface area (Å²) in [7, 11) is -0.518. The second-order valence-corrected chi connectivity index (χ2v) is 7.68. The molecule has 0 spiro atoms. The number of hydrogen-bond acceptors (Lipinski definition) is 4. The van der Waals surface area contributed by atoms with Crippen molar-refractivity contribution in [2.75, 3.05) is 25.4 Å². The normalized spacial score (nSPS) is 11.0. The molecule has 8 heteroatoms. The van der Waals surface area contributed by atoms with Gasteiger partial charge >= 0.3 is 0 Å². The van der Waals surface area contributed by atoms with Gasteiger partial charge in [0.15, 0.2) is 6.61 Å². The minimum absolute atomic E-state index is 0.0798. The number of anilines is 1. The van der Waals surface area contributed by atoms with Crippen LogP contribution in [0.4, 0.5) is 5.69 Å². The third-order valence-electron chi connectivity index (χ3n) is 3.42. The Hall–Kier alpha value is -2.25. The minimum Gasteiger partial charge on any atom is -0.483 e. The molecule has 0 atom stereocenters. The molecule has 0 aliphatic carbocycles. The lowest BCUT2D eigenvalue weighted by atomic mass is 10.2. The number of rotatable bonds is 6. The molecule has 6 nitrogen and oxygen atoms in total. The fourth-order valence-electron chi connectivity index (χ4n) is 1.97. The maximum absolute atomic E-state index is 12.5. The van der Waals surface area contributed by atoms with E-state index in [1.165, 1.54) is 23.1 Å². The molecule has 0 bridgehead atoms. The average molecular weight is 383 g/mol. The number of aryl methyl sites for hydroxylation is 1. The summed E-state index contributed by atoms with van der Waals surface area (Å²) in [5, 5.41) is 0.310. The Labute approximate surface area is 152 Å². The summed E-state index contributed by atoms with van der Waals surface area (Å²) >= 11 is 5.99. The van der Waals surface area contributed by atoms with E-state index in [9.17, 15) is 13.2 Å². The van der Waals surface area contributed by atoms with Gasteiger partial charge in [-0.2, -0.15) is 0 Å². The second kappa shape index (κ2) is 7.76. The molecule has 0 heterocycles. The molecule has 0 aromatic heterocycles. The zero-order chi connectivity index (χ0) is 18.6. The summed E-state index contributed by atoms with van der Waals surface area (Å²) in [4.78, 5) is 13.1. The van der Waals surface area contributed by atoms with E-state index in [0.717, 1.165) is 0 Å². The molecule has 1 N–H and O–H groups in total. The van der Waals surface area contributed by atoms with Crippen molar-refractivity contribution in [2.24, 2.45) is 0 Å². The van der Waals surface area contributed by atoms with Gasteiger partial charge in [0.25, 0.3) is 15.9 Å². The number of benzene rings is 2. The highest BCUT2D eigenvalue weighted by molar-refractivity contribution is 7.92. The van der Waals surface area contributed by atoms with Crippen LogP contribution in [-0.4, -0.2) is 39.9 Å². The molecule has 0 saturated heterocycles. The fraction of sp³-hybridized carbons (Fsp3) is 0.235. The van der Waals surface area contributed by atoms with Crippen molar-refractivity contribution in [1.82, 2.24) is 4.90 Å². The highest BCUT2D eigenvalue weighted by atomic mass is 35.5. The first-order chi connectivity index (χ1) is 11.7. The Morgan fingerprint density at radius 3 is 2.48 bits per heavy atom. The third kappa shape index (κ3) is 4.87. The number of halogens is 1. The van der Waals surface area contributed by atoms with Crippen LogP contribution in [0.25, 0.3) is 0 Å². The molecule has 1 amide bonds. The number of sulfonamides is 1. The smallest absolute Gasteiger partial charge is 0.261 e. The third-order valence-corrected chi connectivity index (χ3v) is 5.12. The van der Waals surface area contributed by atoms with Crippen LogP contribution >= 0.6 is 11.6 Å². The molecule has 2 rings (SSSR count). The predicted molar refractivity (Wildman–Crippen MR) is 97.6 cm³/mol. The van der Waals surface area contributed by atoms with Crippen LogP contribution < -0.4 is 9.46 Å². The first-order valence-corrected chi connectivity index (χ1v) is 9.28. The Bertz CT molecular complexity index is 882. The lowest BCUT2D eigenvalue weighted by Gasteiger charge is -2.14. The number of hydrogen-bond donors (Lipinski definition) is 1. The average Bonchev–Trinajstić information content (AvgIpc) is 2.55. The fourth-order valence-corrected chi connectivity index (χ4v) is 3.37. The summed E-state index contributed by atoms with van der Waals surface area (Å²) in [6.45, 7) is 1.60. The number of carbonyl (C=O) groups is 1. The van der Waals surface area contributed by atoms with Gasteiger partial charge in [0, 0.05) is 14.1 Å². The molecular formula is C17H19ClN2O4S. The molecular weight excluding hydrogens is 364 g/mol. The number of nitrogens with zero attached hydrogens (tertiary/aromatic N) is 1. The van der Waals surface area contributed by atoms with Crippen LogP contribution in [0.2, 0.25) is 5.02 Å². The highest BCUT2D eigenvalue weighted by Crippen LogP contribution is 2.26. The topological polar surface area (TPSA) is 75.7 Å². The van der Waals surface area contributed by atoms with E-state index in [2.05, 4.69) is 4.72 Å². The van der Waals surface area contributed by atoms with Gasteiger partial charge in [-0.1, -0.05) is 23.7 Å². The van der Waals surface area contributed by atoms with Crippen LogP contribution in [0, 0.1) is 6.92 Å². The Balaban J connectivity index is 2.18. The van der Waals surface area contributed by atoms with E-state index < -0.39 is 10.0 Å². The molecule has 2 aromatic carbocycles. The number of likely N-dealkylation sites (N-methyl/N-ethyl adjacent to an activating group) is 1. The molecule has 134 valence electrons. The van der Waals surface area contributed by atoms with Crippen molar-refractivity contribution in [2.45, 2.75) is 11.8 Å². The van der Waals surface area contributed by atoms with Crippen molar-refractivity contribution < 1.29 is 17.9 Å². The Kier molecular flexibility index (Phi) is 5.92. The quantitative estimate of drug-likeness (QED) is 0.833. The SMILES string of the molecule is Cc1cc(S(=O)(=O)Nc2ccccc2Cl)ccc1OCC(=O)N(C)C. The molecule has 0 unspecified atom stereocenters. The van der Waals surface area contributed by atoms with Crippen molar-refractivity contribution in [3.05, 3.63) is 53.1 Å². The molecule has 2 aromatic rings. The predicted octanol–water partition coefficient (Wildman–Crippen LogP) is 2.92. The Morgan fingerprint density at radius 1 is 1.20 bits per heavy atom. The molecule has 0 fully saturated rings. The van der Waals surface area contributed by atoms with Crippen molar-refractivity contribution >= 4 is 33.2 Å². The first-order valence-electron chi connectivity index (χ1n) is 7.41. The van der Waals surface area contributed by atoms with E-state index in [1.807, 2.05) is 0 Å². The number of nitrogens with one attached hydrogen (secondary N) is 1. The van der Waals surface area contributed by atoms with E-state index in [0.29, 0.717) is 22.0 Å². The van der Waals surface area contributed by atoms with Gasteiger partial charge in [-0.3, -0.25) is 9.52 Å². The van der Waals surface area contributed by atoms with Crippen LogP contribution in [0.3, 0.4) is 0 Å². The van der Waals surface area contributed by atoms with Crippen LogP contribution in [-0.2, 0) is 14.8 Å². The number of carbonyl (C=O) groups excluding carboxylic acids is 1. The molecule has 0 saturated carbocycles. The molecule has 25 heavy (non-hydrogen) atoms. The maximum Gasteiger partial charge on any atom is 0.261 e. The summed E-state index contributed by atoms with van der Waals surface area (Å²) < 4.78 is 32.9. The van der Waals surface area contributed by atoms with Crippen molar-refractivity contribution in [3.63, 3.8) is 0 Å². The van der Waals surface area contributed by atoms with Gasteiger partial charge in [-0.15, -0.1) is 0 Å². The van der Waals surface area contributed by atoms with Gasteiger partial charge in [-0.05, 0) is 42.8 Å². The van der Waals surface area contributed by atoms with Gasteiger partial charge in [-0.25, -0.2) is 8.42 Å². The zero-order valence-corrected chi connectivity index (χ0v) is 15.7. The largest absolute Gasteiger partial charge is 0.483 e. The van der Waals surface area contributed by atoms with Gasteiger partial charge in [0.05, 0.1) is 15.6 Å². The molecule has 0 aliphatic rings. The minimum atomic E-state index is -3.78. The van der Waals surface area contributed by atoms with Gasteiger partial charge in [0.1, 0.15) is 5.75 Å². The first kappa shape index (κ1) is 19.1. The number of para-hydroxylation sites is 1. The zero-order valence-electron chi connectivity index (χ0n) is 14.1. The van der Waals surface area contributed by atoms with E-state index in [1.54, 1.807) is 45.3 Å². The summed E-state index contributed by atoms with van der Waals surface area (Å²) in [6.07, 6.45) is 0. The molecule has 0 radical (unpaired) electrons.